The van der Waals surface area contributed by atoms with Gasteiger partial charge in [0, 0.05) is 0 Å². The summed E-state index contributed by atoms with van der Waals surface area (Å²) < 4.78 is 1.35. The molecule has 0 fully saturated rings. The minimum absolute atomic E-state index is 0.329. The summed E-state index contributed by atoms with van der Waals surface area (Å²) in [6, 6.07) is -1.04. The number of carbonyl (C=O) groups is 2. The van der Waals surface area contributed by atoms with Gasteiger partial charge >= 0.3 is 11.9 Å². The molecule has 3 amide bonds. The van der Waals surface area contributed by atoms with E-state index in [1.54, 1.807) is 20.2 Å². The molecule has 0 aromatic carbocycles. The van der Waals surface area contributed by atoms with Gasteiger partial charge in [0.1, 0.15) is 6.21 Å². The van der Waals surface area contributed by atoms with E-state index in [4.69, 9.17) is 0 Å². The summed E-state index contributed by atoms with van der Waals surface area (Å²) in [6.07, 6.45) is 1.55. The van der Waals surface area contributed by atoms with Crippen molar-refractivity contribution in [3.8, 4) is 0 Å². The van der Waals surface area contributed by atoms with Crippen LogP contribution < -0.4 is 0 Å². The van der Waals surface area contributed by atoms with Crippen molar-refractivity contribution in [1.29, 1.82) is 0 Å². The van der Waals surface area contributed by atoms with Crippen LogP contribution in [0.5, 0.6) is 0 Å². The van der Waals surface area contributed by atoms with Crippen LogP contribution in [0.3, 0.4) is 0 Å². The highest BCUT2D eigenvalue weighted by Crippen LogP contribution is 2.12. The lowest BCUT2D eigenvalue weighted by molar-refractivity contribution is -0.406. The maximum absolute atomic E-state index is 11.7. The van der Waals surface area contributed by atoms with E-state index in [9.17, 15) is 9.59 Å². The molecule has 0 radical (unpaired) electrons. The van der Waals surface area contributed by atoms with E-state index in [2.05, 4.69) is 9.98 Å². The Morgan fingerprint density at radius 3 is 2.80 bits per heavy atom. The van der Waals surface area contributed by atoms with Gasteiger partial charge in [-0.2, -0.15) is 9.48 Å². The lowest BCUT2D eigenvalue weighted by atomic mass is 10.2. The number of amides is 3. The summed E-state index contributed by atoms with van der Waals surface area (Å²) >= 11 is 0. The Kier molecular flexibility index (Phi) is 1.99. The molecule has 6 heteroatoms. The number of imide groups is 1. The fourth-order valence-corrected chi connectivity index (χ4v) is 1.56. The summed E-state index contributed by atoms with van der Waals surface area (Å²) in [5.41, 5.74) is 0.688. The van der Waals surface area contributed by atoms with Crippen molar-refractivity contribution in [1.82, 2.24) is 4.90 Å². The van der Waals surface area contributed by atoms with Crippen LogP contribution in [-0.4, -0.2) is 59.3 Å². The van der Waals surface area contributed by atoms with Crippen molar-refractivity contribution < 1.29 is 14.2 Å². The fourth-order valence-electron chi connectivity index (χ4n) is 1.56. The summed E-state index contributed by atoms with van der Waals surface area (Å²) in [7, 11) is 3.03. The second kappa shape index (κ2) is 3.08. The van der Waals surface area contributed by atoms with Crippen LogP contribution in [0.15, 0.2) is 9.98 Å². The SMILES string of the molecule is CC1=NC2C(=O)N(C)C(=O)[N+](C)=C2N=C1. The Labute approximate surface area is 86.6 Å². The number of nitrogens with zero attached hydrogens (tertiary/aromatic N) is 4. The molecular formula is C9H11N4O2+. The third kappa shape index (κ3) is 1.29. The van der Waals surface area contributed by atoms with Crippen molar-refractivity contribution >= 4 is 29.7 Å². The van der Waals surface area contributed by atoms with Crippen molar-refractivity contribution in [2.24, 2.45) is 9.98 Å². The molecule has 1 unspecified atom stereocenters. The summed E-state index contributed by atoms with van der Waals surface area (Å²) in [5, 5.41) is 0. The predicted octanol–water partition coefficient (Wildman–Crippen LogP) is -0.467. The highest BCUT2D eigenvalue weighted by molar-refractivity contribution is 6.35. The number of carbonyl (C=O) groups excluding carboxylic acids is 2. The van der Waals surface area contributed by atoms with E-state index in [0.29, 0.717) is 11.5 Å². The summed E-state index contributed by atoms with van der Waals surface area (Å²) in [5.74, 6) is 0.0676. The van der Waals surface area contributed by atoms with Crippen LogP contribution in [-0.2, 0) is 4.79 Å². The number of hydrogen-bond acceptors (Lipinski definition) is 4. The van der Waals surface area contributed by atoms with Crippen molar-refractivity contribution in [3.05, 3.63) is 0 Å². The monoisotopic (exact) mass is 207 g/mol. The minimum atomic E-state index is -0.664. The largest absolute Gasteiger partial charge is 0.445 e. The molecule has 2 heterocycles. The molecule has 0 spiro atoms. The molecule has 0 bridgehead atoms. The Balaban J connectivity index is 2.57. The Hall–Kier alpha value is -1.85. The van der Waals surface area contributed by atoms with Gasteiger partial charge in [0.2, 0.25) is 6.04 Å². The summed E-state index contributed by atoms with van der Waals surface area (Å²) in [6.45, 7) is 1.77. The highest BCUT2D eigenvalue weighted by Gasteiger charge is 2.44. The fraction of sp³-hybridized carbons (Fsp3) is 0.444. The quantitative estimate of drug-likeness (QED) is 0.504. The van der Waals surface area contributed by atoms with Crippen LogP contribution in [0.2, 0.25) is 0 Å². The second-order valence-corrected chi connectivity index (χ2v) is 3.53. The smallest absolute Gasteiger partial charge is 0.261 e. The Morgan fingerprint density at radius 1 is 1.47 bits per heavy atom. The standard InChI is InChI=1S/C9H11N4O2/c1-5-4-10-7-6(11-5)8(14)13(3)9(15)12(7)2/h4,6H,1-3H3/q+1. The van der Waals surface area contributed by atoms with Gasteiger partial charge in [0.05, 0.1) is 19.8 Å². The zero-order valence-corrected chi connectivity index (χ0v) is 8.76. The zero-order chi connectivity index (χ0) is 11.2. The second-order valence-electron chi connectivity index (χ2n) is 3.53. The lowest BCUT2D eigenvalue weighted by Gasteiger charge is -2.22. The summed E-state index contributed by atoms with van der Waals surface area (Å²) in [4.78, 5) is 32.6. The zero-order valence-electron chi connectivity index (χ0n) is 8.76. The molecular weight excluding hydrogens is 196 g/mol. The number of likely N-dealkylation sites (N-methyl/N-ethyl adjacent to an activating group) is 1. The molecule has 15 heavy (non-hydrogen) atoms. The number of urea groups is 1. The number of fused-ring (bicyclic) bond motifs is 1. The topological polar surface area (TPSA) is 65.1 Å². The van der Waals surface area contributed by atoms with E-state index in [0.717, 1.165) is 4.90 Å². The van der Waals surface area contributed by atoms with Gasteiger partial charge in [-0.1, -0.05) is 0 Å². The third-order valence-corrected chi connectivity index (χ3v) is 2.44. The van der Waals surface area contributed by atoms with E-state index >= 15 is 0 Å². The first kappa shape index (κ1) is 9.70. The van der Waals surface area contributed by atoms with Gasteiger partial charge in [0.25, 0.3) is 5.84 Å². The van der Waals surface area contributed by atoms with Crippen LogP contribution in [0.1, 0.15) is 6.92 Å². The van der Waals surface area contributed by atoms with E-state index in [-0.39, 0.29) is 11.9 Å². The van der Waals surface area contributed by atoms with Gasteiger partial charge in [-0.15, -0.1) is 4.99 Å². The van der Waals surface area contributed by atoms with E-state index in [1.807, 2.05) is 0 Å². The van der Waals surface area contributed by atoms with Gasteiger partial charge < -0.3 is 0 Å². The van der Waals surface area contributed by atoms with Gasteiger partial charge in [-0.25, -0.2) is 4.79 Å². The van der Waals surface area contributed by atoms with E-state index in [1.165, 1.54) is 11.6 Å². The third-order valence-electron chi connectivity index (χ3n) is 2.44. The van der Waals surface area contributed by atoms with Gasteiger partial charge in [-0.05, 0) is 6.92 Å². The Bertz CT molecular complexity index is 447. The predicted molar refractivity (Wildman–Crippen MR) is 54.7 cm³/mol. The molecule has 1 atom stereocenters. The molecule has 2 aliphatic heterocycles. The number of rotatable bonds is 0. The van der Waals surface area contributed by atoms with Crippen LogP contribution in [0, 0.1) is 0 Å². The first-order valence-electron chi connectivity index (χ1n) is 4.53. The molecule has 6 nitrogen and oxygen atoms in total. The van der Waals surface area contributed by atoms with Gasteiger partial charge in [0.15, 0.2) is 0 Å². The highest BCUT2D eigenvalue weighted by atomic mass is 16.2. The molecule has 0 aromatic rings. The van der Waals surface area contributed by atoms with Crippen molar-refractivity contribution in [3.63, 3.8) is 0 Å². The maximum atomic E-state index is 11.7. The molecule has 0 aromatic heterocycles. The van der Waals surface area contributed by atoms with Crippen molar-refractivity contribution in [2.75, 3.05) is 14.1 Å². The lowest BCUT2D eigenvalue weighted by Crippen LogP contribution is -2.54. The molecule has 78 valence electrons. The normalized spacial score (nSPS) is 25.7. The Morgan fingerprint density at radius 2 is 2.13 bits per heavy atom. The average molecular weight is 207 g/mol. The number of amidine groups is 1. The first-order valence-corrected chi connectivity index (χ1v) is 4.53. The van der Waals surface area contributed by atoms with Crippen LogP contribution in [0.25, 0.3) is 0 Å². The first-order chi connectivity index (χ1) is 7.02. The molecule has 0 saturated heterocycles. The molecule has 0 aliphatic carbocycles. The van der Waals surface area contributed by atoms with Crippen molar-refractivity contribution in [2.45, 2.75) is 13.0 Å². The number of aliphatic imine (C=N–C) groups is 2. The molecule has 0 saturated carbocycles. The van der Waals surface area contributed by atoms with Gasteiger partial charge in [-0.3, -0.25) is 9.79 Å². The minimum Gasteiger partial charge on any atom is -0.261 e. The van der Waals surface area contributed by atoms with Crippen LogP contribution >= 0.6 is 0 Å². The molecule has 0 N–H and O–H groups in total. The van der Waals surface area contributed by atoms with Crippen LogP contribution in [0.4, 0.5) is 4.79 Å². The average Bonchev–Trinajstić information content (AvgIpc) is 2.23. The number of hydrogen-bond donors (Lipinski definition) is 0. The van der Waals surface area contributed by atoms with E-state index < -0.39 is 6.04 Å². The maximum Gasteiger partial charge on any atom is 0.445 e. The molecule has 2 rings (SSSR count). The molecule has 2 aliphatic rings.